The molecule has 1 amide bonds. The van der Waals surface area contributed by atoms with E-state index in [2.05, 4.69) is 65.1 Å². The molecule has 0 radical (unpaired) electrons. The molecule has 0 aliphatic rings. The van der Waals surface area contributed by atoms with Crippen LogP contribution in [0.1, 0.15) is 13.8 Å². The van der Waals surface area contributed by atoms with Crippen LogP contribution in [-0.2, 0) is 11.8 Å². The summed E-state index contributed by atoms with van der Waals surface area (Å²) in [5.74, 6) is 1.05. The quantitative estimate of drug-likeness (QED) is 0.551. The maximum atomic E-state index is 11.7. The third-order valence-electron chi connectivity index (χ3n) is 3.86. The van der Waals surface area contributed by atoms with Gasteiger partial charge >= 0.3 is 0 Å². The first-order chi connectivity index (χ1) is 12.1. The lowest BCUT2D eigenvalue weighted by atomic mass is 10.2. The molecule has 0 aliphatic heterocycles. The molecule has 0 bridgehead atoms. The zero-order valence-corrected chi connectivity index (χ0v) is 15.8. The zero-order valence-electron chi connectivity index (χ0n) is 15.0. The van der Waals surface area contributed by atoms with E-state index in [1.54, 1.807) is 6.08 Å². The summed E-state index contributed by atoms with van der Waals surface area (Å²) >= 11 is 1.37. The largest absolute Gasteiger partial charge is 0.372 e. The molecule has 1 aromatic carbocycles. The van der Waals surface area contributed by atoms with E-state index in [-0.39, 0.29) is 5.91 Å². The van der Waals surface area contributed by atoms with Gasteiger partial charge in [-0.25, -0.2) is 0 Å². The van der Waals surface area contributed by atoms with Crippen LogP contribution in [0.5, 0.6) is 0 Å². The first kappa shape index (κ1) is 19.1. The molecule has 0 saturated carbocycles. The van der Waals surface area contributed by atoms with E-state index in [0.29, 0.717) is 12.3 Å². The lowest BCUT2D eigenvalue weighted by Crippen LogP contribution is -2.25. The van der Waals surface area contributed by atoms with Crippen LogP contribution < -0.4 is 10.2 Å². The highest BCUT2D eigenvalue weighted by Gasteiger charge is 2.13. The summed E-state index contributed by atoms with van der Waals surface area (Å²) in [6.07, 6.45) is 1.66. The number of nitrogens with one attached hydrogen (secondary N) is 1. The normalized spacial score (nSPS) is 10.5. The molecule has 1 N–H and O–H groups in total. The molecule has 2 aromatic rings. The second-order valence-electron chi connectivity index (χ2n) is 5.47. The first-order valence-corrected chi connectivity index (χ1v) is 9.34. The lowest BCUT2D eigenvalue weighted by molar-refractivity contribution is -0.118. The Morgan fingerprint density at radius 1 is 1.28 bits per heavy atom. The highest BCUT2D eigenvalue weighted by Crippen LogP contribution is 2.24. The summed E-state index contributed by atoms with van der Waals surface area (Å²) < 4.78 is 1.91. The van der Waals surface area contributed by atoms with Gasteiger partial charge in [0.2, 0.25) is 5.91 Å². The van der Waals surface area contributed by atoms with E-state index in [0.717, 1.165) is 29.6 Å². The van der Waals surface area contributed by atoms with Gasteiger partial charge in [0.05, 0.1) is 5.75 Å². The van der Waals surface area contributed by atoms with Crippen LogP contribution in [-0.4, -0.2) is 46.1 Å². The molecule has 0 unspecified atom stereocenters. The standard InChI is InChI=1S/C18H25N5OS/c1-5-12-19-16(24)13-25-18-21-20-17(22(18)4)14-8-10-15(11-9-14)23(6-2)7-3/h5,8-11H,1,6-7,12-13H2,2-4H3,(H,19,24). The molecule has 1 heterocycles. The highest BCUT2D eigenvalue weighted by molar-refractivity contribution is 7.99. The van der Waals surface area contributed by atoms with E-state index in [9.17, 15) is 4.79 Å². The van der Waals surface area contributed by atoms with Gasteiger partial charge in [0.15, 0.2) is 11.0 Å². The number of hydrogen-bond acceptors (Lipinski definition) is 5. The Bertz CT molecular complexity index is 707. The van der Waals surface area contributed by atoms with Crippen molar-refractivity contribution in [2.24, 2.45) is 7.05 Å². The van der Waals surface area contributed by atoms with Crippen LogP contribution in [0.3, 0.4) is 0 Å². The van der Waals surface area contributed by atoms with Gasteiger partial charge in [0, 0.05) is 37.9 Å². The number of carbonyl (C=O) groups excluding carboxylic acids is 1. The average Bonchev–Trinajstić information content (AvgIpc) is 3.00. The number of amides is 1. The molecular weight excluding hydrogens is 334 g/mol. The molecular formula is C18H25N5OS. The Balaban J connectivity index is 2.07. The number of hydrogen-bond donors (Lipinski definition) is 1. The molecule has 134 valence electrons. The third kappa shape index (κ3) is 4.85. The number of anilines is 1. The van der Waals surface area contributed by atoms with Gasteiger partial charge in [-0.15, -0.1) is 16.8 Å². The number of carbonyl (C=O) groups is 1. The Morgan fingerprint density at radius 3 is 2.56 bits per heavy atom. The van der Waals surface area contributed by atoms with Gasteiger partial charge in [0.25, 0.3) is 0 Å². The summed E-state index contributed by atoms with van der Waals surface area (Å²) in [6.45, 7) is 10.3. The van der Waals surface area contributed by atoms with E-state index in [1.165, 1.54) is 17.4 Å². The van der Waals surface area contributed by atoms with Gasteiger partial charge in [-0.3, -0.25) is 4.79 Å². The van der Waals surface area contributed by atoms with Crippen molar-refractivity contribution in [1.82, 2.24) is 20.1 Å². The maximum absolute atomic E-state index is 11.7. The van der Waals surface area contributed by atoms with Crippen molar-refractivity contribution in [3.05, 3.63) is 36.9 Å². The maximum Gasteiger partial charge on any atom is 0.230 e. The van der Waals surface area contributed by atoms with Crippen LogP contribution in [0.15, 0.2) is 42.1 Å². The molecule has 6 nitrogen and oxygen atoms in total. The fourth-order valence-corrected chi connectivity index (χ4v) is 3.21. The van der Waals surface area contributed by atoms with Crippen LogP contribution in [0.4, 0.5) is 5.69 Å². The number of nitrogens with zero attached hydrogens (tertiary/aromatic N) is 4. The summed E-state index contributed by atoms with van der Waals surface area (Å²) in [5, 5.41) is 11.9. The van der Waals surface area contributed by atoms with Crippen molar-refractivity contribution in [1.29, 1.82) is 0 Å². The molecule has 7 heteroatoms. The Morgan fingerprint density at radius 2 is 1.96 bits per heavy atom. The first-order valence-electron chi connectivity index (χ1n) is 8.35. The van der Waals surface area contributed by atoms with Gasteiger partial charge < -0.3 is 14.8 Å². The number of aromatic nitrogens is 3. The van der Waals surface area contributed by atoms with Crippen molar-refractivity contribution in [3.8, 4) is 11.4 Å². The van der Waals surface area contributed by atoms with E-state index < -0.39 is 0 Å². The van der Waals surface area contributed by atoms with Crippen molar-refractivity contribution in [2.45, 2.75) is 19.0 Å². The number of benzene rings is 1. The molecule has 1 aromatic heterocycles. The average molecular weight is 359 g/mol. The van der Waals surface area contributed by atoms with Crippen molar-refractivity contribution in [2.75, 3.05) is 30.3 Å². The van der Waals surface area contributed by atoms with Crippen molar-refractivity contribution in [3.63, 3.8) is 0 Å². The molecule has 0 atom stereocenters. The summed E-state index contributed by atoms with van der Waals surface area (Å²) in [7, 11) is 1.91. The summed E-state index contributed by atoms with van der Waals surface area (Å²) in [4.78, 5) is 14.0. The van der Waals surface area contributed by atoms with Crippen LogP contribution in [0, 0.1) is 0 Å². The highest BCUT2D eigenvalue weighted by atomic mass is 32.2. The molecule has 0 spiro atoms. The van der Waals surface area contributed by atoms with Crippen LogP contribution in [0.2, 0.25) is 0 Å². The molecule has 0 fully saturated rings. The third-order valence-corrected chi connectivity index (χ3v) is 4.89. The minimum absolute atomic E-state index is 0.0435. The topological polar surface area (TPSA) is 63.1 Å². The minimum atomic E-state index is -0.0435. The predicted molar refractivity (Wildman–Crippen MR) is 104 cm³/mol. The molecule has 2 rings (SSSR count). The SMILES string of the molecule is C=CCNC(=O)CSc1nnc(-c2ccc(N(CC)CC)cc2)n1C. The molecule has 25 heavy (non-hydrogen) atoms. The zero-order chi connectivity index (χ0) is 18.2. The van der Waals surface area contributed by atoms with Gasteiger partial charge in [0.1, 0.15) is 0 Å². The Kier molecular flexibility index (Phi) is 7.06. The second kappa shape index (κ2) is 9.27. The van der Waals surface area contributed by atoms with E-state index in [1.807, 2.05) is 11.6 Å². The Labute approximate surface area is 153 Å². The minimum Gasteiger partial charge on any atom is -0.372 e. The van der Waals surface area contributed by atoms with Gasteiger partial charge in [-0.1, -0.05) is 17.8 Å². The Hall–Kier alpha value is -2.28. The van der Waals surface area contributed by atoms with Gasteiger partial charge in [-0.05, 0) is 38.1 Å². The monoisotopic (exact) mass is 359 g/mol. The second-order valence-corrected chi connectivity index (χ2v) is 6.41. The fourth-order valence-electron chi connectivity index (χ4n) is 2.47. The smallest absolute Gasteiger partial charge is 0.230 e. The summed E-state index contributed by atoms with van der Waals surface area (Å²) in [5.41, 5.74) is 2.21. The predicted octanol–water partition coefficient (Wildman–Crippen LogP) is 2.72. The molecule has 0 saturated heterocycles. The van der Waals surface area contributed by atoms with E-state index in [4.69, 9.17) is 0 Å². The van der Waals surface area contributed by atoms with Crippen molar-refractivity contribution >= 4 is 23.4 Å². The fraction of sp³-hybridized carbons (Fsp3) is 0.389. The lowest BCUT2D eigenvalue weighted by Gasteiger charge is -2.21. The number of rotatable bonds is 9. The number of thioether (sulfide) groups is 1. The molecule has 0 aliphatic carbocycles. The van der Waals surface area contributed by atoms with Crippen LogP contribution >= 0.6 is 11.8 Å². The summed E-state index contributed by atoms with van der Waals surface area (Å²) in [6, 6.07) is 8.32. The van der Waals surface area contributed by atoms with Gasteiger partial charge in [-0.2, -0.15) is 0 Å². The van der Waals surface area contributed by atoms with Crippen LogP contribution in [0.25, 0.3) is 11.4 Å². The van der Waals surface area contributed by atoms with Crippen molar-refractivity contribution < 1.29 is 4.79 Å². The van der Waals surface area contributed by atoms with E-state index >= 15 is 0 Å².